The van der Waals surface area contributed by atoms with Crippen molar-refractivity contribution in [2.45, 2.75) is 19.3 Å². The molecule has 0 aliphatic heterocycles. The van der Waals surface area contributed by atoms with Gasteiger partial charge in [0.15, 0.2) is 0 Å². The summed E-state index contributed by atoms with van der Waals surface area (Å²) >= 11 is 1.86. The fraction of sp³-hybridized carbons (Fsp3) is 0.353. The summed E-state index contributed by atoms with van der Waals surface area (Å²) in [6.07, 6.45) is 5.48. The normalized spacial score (nSPS) is 10.7. The van der Waals surface area contributed by atoms with Gasteiger partial charge in [0.1, 0.15) is 0 Å². The Morgan fingerprint density at radius 3 is 2.57 bits per heavy atom. The summed E-state index contributed by atoms with van der Waals surface area (Å²) in [4.78, 5) is 12.2. The second kappa shape index (κ2) is 7.93. The van der Waals surface area contributed by atoms with E-state index >= 15 is 0 Å². The van der Waals surface area contributed by atoms with Crippen LogP contribution in [0.4, 0.5) is 5.69 Å². The zero-order chi connectivity index (χ0) is 15.1. The number of hydrogen-bond donors (Lipinski definition) is 2. The van der Waals surface area contributed by atoms with Gasteiger partial charge in [-0.3, -0.25) is 4.79 Å². The minimum atomic E-state index is -0.0804. The highest BCUT2D eigenvalue weighted by Gasteiger charge is 2.10. The van der Waals surface area contributed by atoms with Crippen LogP contribution in [-0.4, -0.2) is 24.5 Å². The first kappa shape index (κ1) is 15.7. The number of thioether (sulfide) groups is 1. The number of amides is 1. The fourth-order valence-electron chi connectivity index (χ4n) is 2.30. The van der Waals surface area contributed by atoms with E-state index in [4.69, 9.17) is 5.73 Å². The highest BCUT2D eigenvalue weighted by molar-refractivity contribution is 7.98. The highest BCUT2D eigenvalue weighted by Crippen LogP contribution is 2.21. The lowest BCUT2D eigenvalue weighted by molar-refractivity contribution is 0.0954. The summed E-state index contributed by atoms with van der Waals surface area (Å²) in [7, 11) is 0. The molecule has 0 unspecified atom stereocenters. The summed E-state index contributed by atoms with van der Waals surface area (Å²) < 4.78 is 0. The standard InChI is InChI=1S/C17H22N2OS/c1-21-10-6-2-5-9-19-17(20)15-11-13-7-3-4-8-14(13)12-16(15)18/h3-4,7-8,11-12H,2,5-6,9-10,18H2,1H3,(H,19,20). The zero-order valence-electron chi connectivity index (χ0n) is 12.4. The molecule has 3 nitrogen and oxygen atoms in total. The summed E-state index contributed by atoms with van der Waals surface area (Å²) in [6, 6.07) is 11.7. The minimum absolute atomic E-state index is 0.0804. The summed E-state index contributed by atoms with van der Waals surface area (Å²) in [5.41, 5.74) is 7.10. The number of hydrogen-bond acceptors (Lipinski definition) is 3. The molecule has 0 atom stereocenters. The second-order valence-electron chi connectivity index (χ2n) is 5.10. The van der Waals surface area contributed by atoms with Gasteiger partial charge >= 0.3 is 0 Å². The maximum atomic E-state index is 12.2. The quantitative estimate of drug-likeness (QED) is 0.606. The van der Waals surface area contributed by atoms with Gasteiger partial charge in [-0.15, -0.1) is 0 Å². The molecule has 3 N–H and O–H groups in total. The number of rotatable bonds is 7. The van der Waals surface area contributed by atoms with Crippen LogP contribution >= 0.6 is 11.8 Å². The third-order valence-electron chi connectivity index (χ3n) is 3.47. The van der Waals surface area contributed by atoms with Gasteiger partial charge in [-0.2, -0.15) is 11.8 Å². The Labute approximate surface area is 130 Å². The van der Waals surface area contributed by atoms with Crippen LogP contribution in [0.15, 0.2) is 36.4 Å². The molecule has 2 rings (SSSR count). The first-order chi connectivity index (χ1) is 10.2. The lowest BCUT2D eigenvalue weighted by Gasteiger charge is -2.09. The molecule has 0 aliphatic rings. The van der Waals surface area contributed by atoms with Crippen molar-refractivity contribution < 1.29 is 4.79 Å². The van der Waals surface area contributed by atoms with E-state index in [0.717, 1.165) is 23.6 Å². The van der Waals surface area contributed by atoms with E-state index in [2.05, 4.69) is 11.6 Å². The molecule has 2 aromatic rings. The Kier molecular flexibility index (Phi) is 5.93. The fourth-order valence-corrected chi connectivity index (χ4v) is 2.79. The van der Waals surface area contributed by atoms with E-state index < -0.39 is 0 Å². The molecule has 1 amide bonds. The molecule has 112 valence electrons. The number of nitrogens with one attached hydrogen (secondary N) is 1. The van der Waals surface area contributed by atoms with Gasteiger partial charge in [-0.25, -0.2) is 0 Å². The first-order valence-electron chi connectivity index (χ1n) is 7.28. The lowest BCUT2D eigenvalue weighted by Crippen LogP contribution is -2.25. The van der Waals surface area contributed by atoms with Crippen LogP contribution in [-0.2, 0) is 0 Å². The predicted molar refractivity (Wildman–Crippen MR) is 92.9 cm³/mol. The zero-order valence-corrected chi connectivity index (χ0v) is 13.2. The van der Waals surface area contributed by atoms with E-state index in [9.17, 15) is 4.79 Å². The molecule has 0 saturated carbocycles. The van der Waals surface area contributed by atoms with Crippen molar-refractivity contribution in [3.8, 4) is 0 Å². The summed E-state index contributed by atoms with van der Waals surface area (Å²) in [5, 5.41) is 5.05. The van der Waals surface area contributed by atoms with Gasteiger partial charge in [-0.05, 0) is 47.8 Å². The number of unbranched alkanes of at least 4 members (excludes halogenated alkanes) is 2. The van der Waals surface area contributed by atoms with Crippen molar-refractivity contribution >= 4 is 34.1 Å². The summed E-state index contributed by atoms with van der Waals surface area (Å²) in [6.45, 7) is 0.708. The molecular weight excluding hydrogens is 280 g/mol. The Balaban J connectivity index is 1.94. The summed E-state index contributed by atoms with van der Waals surface area (Å²) in [5.74, 6) is 1.11. The largest absolute Gasteiger partial charge is 0.398 e. The smallest absolute Gasteiger partial charge is 0.253 e. The van der Waals surface area contributed by atoms with Crippen LogP contribution in [0, 0.1) is 0 Å². The number of carbonyl (C=O) groups excluding carboxylic acids is 1. The predicted octanol–water partition coefficient (Wildman–Crippen LogP) is 3.69. The Bertz CT molecular complexity index is 613. The second-order valence-corrected chi connectivity index (χ2v) is 6.08. The SMILES string of the molecule is CSCCCCCNC(=O)c1cc2ccccc2cc1N. The van der Waals surface area contributed by atoms with Crippen molar-refractivity contribution in [3.05, 3.63) is 42.0 Å². The van der Waals surface area contributed by atoms with Crippen LogP contribution < -0.4 is 11.1 Å². The third-order valence-corrected chi connectivity index (χ3v) is 4.17. The molecule has 0 aromatic heterocycles. The van der Waals surface area contributed by atoms with E-state index in [1.54, 1.807) is 0 Å². The maximum absolute atomic E-state index is 12.2. The maximum Gasteiger partial charge on any atom is 0.253 e. The molecule has 21 heavy (non-hydrogen) atoms. The van der Waals surface area contributed by atoms with Crippen LogP contribution in [0.5, 0.6) is 0 Å². The number of nitrogen functional groups attached to an aromatic ring is 1. The van der Waals surface area contributed by atoms with Crippen molar-refractivity contribution in [2.24, 2.45) is 0 Å². The number of nitrogens with two attached hydrogens (primary N) is 1. The number of benzene rings is 2. The molecule has 0 fully saturated rings. The van der Waals surface area contributed by atoms with E-state index in [1.165, 1.54) is 12.2 Å². The van der Waals surface area contributed by atoms with Gasteiger partial charge in [0.05, 0.1) is 5.56 Å². The van der Waals surface area contributed by atoms with Crippen LogP contribution in [0.25, 0.3) is 10.8 Å². The average molecular weight is 302 g/mol. The molecule has 4 heteroatoms. The van der Waals surface area contributed by atoms with E-state index in [0.29, 0.717) is 17.8 Å². The van der Waals surface area contributed by atoms with Gasteiger partial charge in [-0.1, -0.05) is 30.7 Å². The average Bonchev–Trinajstić information content (AvgIpc) is 2.49. The molecular formula is C17H22N2OS. The van der Waals surface area contributed by atoms with Crippen LogP contribution in [0.3, 0.4) is 0 Å². The Morgan fingerprint density at radius 1 is 1.14 bits per heavy atom. The topological polar surface area (TPSA) is 55.1 Å². The van der Waals surface area contributed by atoms with Crippen molar-refractivity contribution in [3.63, 3.8) is 0 Å². The molecule has 0 spiro atoms. The number of carbonyl (C=O) groups is 1. The van der Waals surface area contributed by atoms with Crippen molar-refractivity contribution in [1.29, 1.82) is 0 Å². The Morgan fingerprint density at radius 2 is 1.86 bits per heavy atom. The van der Waals surface area contributed by atoms with Crippen molar-refractivity contribution in [2.75, 3.05) is 24.3 Å². The monoisotopic (exact) mass is 302 g/mol. The van der Waals surface area contributed by atoms with Crippen LogP contribution in [0.2, 0.25) is 0 Å². The highest BCUT2D eigenvalue weighted by atomic mass is 32.2. The third kappa shape index (κ3) is 4.39. The number of fused-ring (bicyclic) bond motifs is 1. The van der Waals surface area contributed by atoms with Gasteiger partial charge < -0.3 is 11.1 Å². The van der Waals surface area contributed by atoms with Crippen LogP contribution in [0.1, 0.15) is 29.6 Å². The van der Waals surface area contributed by atoms with E-state index in [1.807, 2.05) is 48.2 Å². The molecule has 2 aromatic carbocycles. The molecule has 0 radical (unpaired) electrons. The Hall–Kier alpha value is -1.68. The molecule has 0 heterocycles. The minimum Gasteiger partial charge on any atom is -0.398 e. The molecule has 0 saturated heterocycles. The lowest BCUT2D eigenvalue weighted by atomic mass is 10.0. The van der Waals surface area contributed by atoms with Gasteiger partial charge in [0.2, 0.25) is 0 Å². The van der Waals surface area contributed by atoms with Gasteiger partial charge in [0.25, 0.3) is 5.91 Å². The van der Waals surface area contributed by atoms with E-state index in [-0.39, 0.29) is 5.91 Å². The van der Waals surface area contributed by atoms with Crippen molar-refractivity contribution in [1.82, 2.24) is 5.32 Å². The van der Waals surface area contributed by atoms with Gasteiger partial charge in [0, 0.05) is 12.2 Å². The number of anilines is 1. The molecule has 0 aliphatic carbocycles. The molecule has 0 bridgehead atoms. The first-order valence-corrected chi connectivity index (χ1v) is 8.67.